The largest absolute Gasteiger partial charge is 0.410 e. The number of rotatable bonds is 0. The molecule has 2 aromatic rings. The van der Waals surface area contributed by atoms with Gasteiger partial charge in [-0.25, -0.2) is 0 Å². The molecule has 2 aromatic carbocycles. The molecule has 0 spiro atoms. The molecule has 0 aliphatic heterocycles. The first-order valence-electron chi connectivity index (χ1n) is 4.84. The van der Waals surface area contributed by atoms with Crippen molar-refractivity contribution < 1.29 is 10.4 Å². The Morgan fingerprint density at radius 2 is 1.25 bits per heavy atom. The molecular weight excluding hydrogens is 204 g/mol. The third-order valence-corrected chi connectivity index (χ3v) is 2.84. The summed E-state index contributed by atoms with van der Waals surface area (Å²) in [6.07, 6.45) is 0. The van der Waals surface area contributed by atoms with Crippen LogP contribution in [-0.4, -0.2) is 21.8 Å². The molecule has 0 amide bonds. The molecule has 0 saturated carbocycles. The minimum Gasteiger partial charge on any atom is -0.410 e. The summed E-state index contributed by atoms with van der Waals surface area (Å²) in [6.45, 7) is 0. The molecule has 0 radical (unpaired) electrons. The summed E-state index contributed by atoms with van der Waals surface area (Å²) in [5, 5.41) is 26.4. The zero-order valence-corrected chi connectivity index (χ0v) is 8.25. The van der Waals surface area contributed by atoms with E-state index in [1.165, 1.54) is 0 Å². The van der Waals surface area contributed by atoms with Gasteiger partial charge in [-0.1, -0.05) is 46.7 Å². The van der Waals surface area contributed by atoms with Crippen LogP contribution in [0, 0.1) is 0 Å². The first-order chi connectivity index (χ1) is 7.86. The Labute approximate surface area is 91.1 Å². The van der Waals surface area contributed by atoms with E-state index < -0.39 is 0 Å². The fourth-order valence-electron chi connectivity index (χ4n) is 2.19. The quantitative estimate of drug-likeness (QED) is 0.519. The van der Waals surface area contributed by atoms with E-state index in [1.54, 1.807) is 0 Å². The highest BCUT2D eigenvalue weighted by Crippen LogP contribution is 2.31. The molecular formula is C12H8N2O2. The van der Waals surface area contributed by atoms with Crippen molar-refractivity contribution >= 4 is 22.2 Å². The van der Waals surface area contributed by atoms with Crippen LogP contribution >= 0.6 is 0 Å². The van der Waals surface area contributed by atoms with Gasteiger partial charge in [0, 0.05) is 16.5 Å². The van der Waals surface area contributed by atoms with Crippen LogP contribution in [0.25, 0.3) is 10.8 Å². The van der Waals surface area contributed by atoms with Crippen molar-refractivity contribution in [1.29, 1.82) is 0 Å². The van der Waals surface area contributed by atoms with Crippen LogP contribution < -0.4 is 0 Å². The molecule has 0 atom stereocenters. The highest BCUT2D eigenvalue weighted by Gasteiger charge is 2.27. The van der Waals surface area contributed by atoms with Gasteiger partial charge < -0.3 is 10.4 Å². The van der Waals surface area contributed by atoms with Crippen molar-refractivity contribution in [2.45, 2.75) is 0 Å². The highest BCUT2D eigenvalue weighted by atomic mass is 16.4. The smallest absolute Gasteiger partial charge is 0.140 e. The molecule has 0 bridgehead atoms. The van der Waals surface area contributed by atoms with E-state index in [-0.39, 0.29) is 0 Å². The number of oxime groups is 2. The van der Waals surface area contributed by atoms with E-state index in [0.29, 0.717) is 11.4 Å². The predicted octanol–water partition coefficient (Wildman–Crippen LogP) is 2.21. The molecule has 4 heteroatoms. The highest BCUT2D eigenvalue weighted by molar-refractivity contribution is 6.60. The summed E-state index contributed by atoms with van der Waals surface area (Å²) in [5.41, 5.74) is 2.22. The van der Waals surface area contributed by atoms with E-state index in [0.717, 1.165) is 21.9 Å². The summed E-state index contributed by atoms with van der Waals surface area (Å²) >= 11 is 0. The van der Waals surface area contributed by atoms with Crippen molar-refractivity contribution in [2.75, 3.05) is 0 Å². The summed E-state index contributed by atoms with van der Waals surface area (Å²) in [4.78, 5) is 0. The van der Waals surface area contributed by atoms with Crippen LogP contribution in [0.2, 0.25) is 0 Å². The van der Waals surface area contributed by atoms with E-state index in [4.69, 9.17) is 10.4 Å². The van der Waals surface area contributed by atoms with Crippen LogP contribution in [0.15, 0.2) is 46.7 Å². The summed E-state index contributed by atoms with van der Waals surface area (Å²) in [7, 11) is 0. The number of hydrogen-bond acceptors (Lipinski definition) is 4. The molecule has 16 heavy (non-hydrogen) atoms. The van der Waals surface area contributed by atoms with Gasteiger partial charge >= 0.3 is 0 Å². The molecule has 0 fully saturated rings. The third kappa shape index (κ3) is 0.930. The number of hydrogen-bond donors (Lipinski definition) is 2. The average Bonchev–Trinajstić information content (AvgIpc) is 2.65. The van der Waals surface area contributed by atoms with Crippen molar-refractivity contribution in [2.24, 2.45) is 10.3 Å². The first-order valence-corrected chi connectivity index (χ1v) is 4.84. The lowest BCUT2D eigenvalue weighted by Crippen LogP contribution is -2.10. The second-order valence-electron chi connectivity index (χ2n) is 3.61. The predicted molar refractivity (Wildman–Crippen MR) is 60.6 cm³/mol. The molecule has 4 nitrogen and oxygen atoms in total. The van der Waals surface area contributed by atoms with E-state index >= 15 is 0 Å². The van der Waals surface area contributed by atoms with Gasteiger partial charge in [-0.2, -0.15) is 0 Å². The maximum atomic E-state index is 8.99. The SMILES string of the molecule is O/N=C1\C(=N/O)c2cccc3cccc1c23. The number of nitrogens with zero attached hydrogens (tertiary/aromatic N) is 2. The second kappa shape index (κ2) is 3.06. The van der Waals surface area contributed by atoms with E-state index in [9.17, 15) is 0 Å². The van der Waals surface area contributed by atoms with Gasteiger partial charge in [0.05, 0.1) is 0 Å². The topological polar surface area (TPSA) is 65.2 Å². The molecule has 78 valence electrons. The summed E-state index contributed by atoms with van der Waals surface area (Å²) in [6, 6.07) is 11.4. The van der Waals surface area contributed by atoms with Crippen molar-refractivity contribution in [1.82, 2.24) is 0 Å². The van der Waals surface area contributed by atoms with Crippen LogP contribution in [0.3, 0.4) is 0 Å². The standard InChI is InChI=1S/C12H8N2O2/c15-13-11-8-5-1-3-7-4-2-6-9(10(7)8)12(11)14-16/h1-6,15-16H/b13-11-,14-12-. The Bertz CT molecular complexity index is 592. The fraction of sp³-hybridized carbons (Fsp3) is 0. The molecule has 0 unspecified atom stereocenters. The Kier molecular flexibility index (Phi) is 1.71. The summed E-state index contributed by atoms with van der Waals surface area (Å²) < 4.78 is 0. The number of benzene rings is 2. The monoisotopic (exact) mass is 212 g/mol. The van der Waals surface area contributed by atoms with Gasteiger partial charge in [-0.15, -0.1) is 0 Å². The lowest BCUT2D eigenvalue weighted by atomic mass is 10.1. The second-order valence-corrected chi connectivity index (χ2v) is 3.61. The Morgan fingerprint density at radius 1 is 0.750 bits per heavy atom. The Hall–Kier alpha value is -2.36. The van der Waals surface area contributed by atoms with Gasteiger partial charge in [0.1, 0.15) is 11.4 Å². The van der Waals surface area contributed by atoms with Gasteiger partial charge in [0.15, 0.2) is 0 Å². The van der Waals surface area contributed by atoms with Gasteiger partial charge in [0.2, 0.25) is 0 Å². The molecule has 1 aliphatic carbocycles. The fourth-order valence-corrected chi connectivity index (χ4v) is 2.19. The zero-order chi connectivity index (χ0) is 11.1. The molecule has 0 heterocycles. The van der Waals surface area contributed by atoms with Crippen molar-refractivity contribution in [3.63, 3.8) is 0 Å². The van der Waals surface area contributed by atoms with E-state index in [2.05, 4.69) is 10.3 Å². The van der Waals surface area contributed by atoms with Crippen LogP contribution in [0.5, 0.6) is 0 Å². The molecule has 0 saturated heterocycles. The maximum absolute atomic E-state index is 8.99. The normalized spacial score (nSPS) is 18.8. The first kappa shape index (κ1) is 8.91. The Balaban J connectivity index is 2.53. The van der Waals surface area contributed by atoms with Crippen molar-refractivity contribution in [3.05, 3.63) is 47.5 Å². The van der Waals surface area contributed by atoms with Crippen LogP contribution in [0.1, 0.15) is 11.1 Å². The lowest BCUT2D eigenvalue weighted by molar-refractivity contribution is 0.315. The molecule has 2 N–H and O–H groups in total. The minimum absolute atomic E-state index is 0.314. The lowest BCUT2D eigenvalue weighted by Gasteiger charge is -1.98. The Morgan fingerprint density at radius 3 is 1.69 bits per heavy atom. The van der Waals surface area contributed by atoms with Crippen LogP contribution in [0.4, 0.5) is 0 Å². The van der Waals surface area contributed by atoms with Crippen LogP contribution in [-0.2, 0) is 0 Å². The minimum atomic E-state index is 0.314. The molecule has 1 aliphatic rings. The molecule has 3 rings (SSSR count). The van der Waals surface area contributed by atoms with E-state index in [1.807, 2.05) is 36.4 Å². The average molecular weight is 212 g/mol. The zero-order valence-electron chi connectivity index (χ0n) is 8.25. The van der Waals surface area contributed by atoms with Gasteiger partial charge in [0.25, 0.3) is 0 Å². The van der Waals surface area contributed by atoms with Gasteiger partial charge in [-0.3, -0.25) is 0 Å². The third-order valence-electron chi connectivity index (χ3n) is 2.84. The maximum Gasteiger partial charge on any atom is 0.140 e. The summed E-state index contributed by atoms with van der Waals surface area (Å²) in [5.74, 6) is 0. The van der Waals surface area contributed by atoms with Gasteiger partial charge in [-0.05, 0) is 5.39 Å². The van der Waals surface area contributed by atoms with Crippen molar-refractivity contribution in [3.8, 4) is 0 Å². The molecule has 0 aromatic heterocycles.